The molecule has 1 amide bonds. The maximum atomic E-state index is 11.9. The highest BCUT2D eigenvalue weighted by molar-refractivity contribution is 5.92. The molecule has 0 unspecified atom stereocenters. The van der Waals surface area contributed by atoms with E-state index in [0.29, 0.717) is 43.4 Å². The Balaban J connectivity index is 1.55. The van der Waals surface area contributed by atoms with Crippen molar-refractivity contribution < 1.29 is 28.5 Å². The lowest BCUT2D eigenvalue weighted by Crippen LogP contribution is -2.42. The van der Waals surface area contributed by atoms with Crippen LogP contribution in [0.5, 0.6) is 11.5 Å². The number of morpholine rings is 1. The predicted octanol–water partition coefficient (Wildman–Crippen LogP) is 0.431. The van der Waals surface area contributed by atoms with E-state index in [4.69, 9.17) is 18.9 Å². The first-order valence-corrected chi connectivity index (χ1v) is 6.66. The standard InChI is InChI=1S/C14H15NO6/c16-13(15-3-5-18-6-4-15)8-19-14(17)10-1-2-11-12(7-10)21-9-20-11/h1-2,7H,3-6,8-9H2. The van der Waals surface area contributed by atoms with E-state index < -0.39 is 5.97 Å². The molecule has 0 radical (unpaired) electrons. The van der Waals surface area contributed by atoms with Crippen molar-refractivity contribution in [2.45, 2.75) is 0 Å². The molecule has 0 aromatic heterocycles. The molecule has 2 aliphatic rings. The Hall–Kier alpha value is -2.28. The number of carbonyl (C=O) groups is 2. The molecular formula is C14H15NO6. The Morgan fingerprint density at radius 2 is 1.90 bits per heavy atom. The average Bonchev–Trinajstić information content (AvgIpc) is 3.00. The van der Waals surface area contributed by atoms with Crippen LogP contribution in [0.15, 0.2) is 18.2 Å². The summed E-state index contributed by atoms with van der Waals surface area (Å²) in [5.41, 5.74) is 0.328. The quantitative estimate of drug-likeness (QED) is 0.752. The summed E-state index contributed by atoms with van der Waals surface area (Å²) >= 11 is 0. The summed E-state index contributed by atoms with van der Waals surface area (Å²) in [5.74, 6) is 0.321. The molecule has 112 valence electrons. The number of fused-ring (bicyclic) bond motifs is 1. The van der Waals surface area contributed by atoms with Crippen LogP contribution in [0.3, 0.4) is 0 Å². The monoisotopic (exact) mass is 293 g/mol. The molecule has 0 N–H and O–H groups in total. The van der Waals surface area contributed by atoms with E-state index in [2.05, 4.69) is 0 Å². The summed E-state index contributed by atoms with van der Waals surface area (Å²) in [7, 11) is 0. The fourth-order valence-corrected chi connectivity index (χ4v) is 2.14. The molecule has 3 rings (SSSR count). The molecule has 0 saturated carbocycles. The first-order valence-electron chi connectivity index (χ1n) is 6.66. The van der Waals surface area contributed by atoms with Gasteiger partial charge < -0.3 is 23.8 Å². The highest BCUT2D eigenvalue weighted by Gasteiger charge is 2.20. The van der Waals surface area contributed by atoms with Gasteiger partial charge in [-0.1, -0.05) is 0 Å². The molecule has 0 atom stereocenters. The number of nitrogens with zero attached hydrogens (tertiary/aromatic N) is 1. The zero-order valence-corrected chi connectivity index (χ0v) is 11.4. The van der Waals surface area contributed by atoms with Crippen molar-refractivity contribution in [1.82, 2.24) is 4.90 Å². The number of benzene rings is 1. The van der Waals surface area contributed by atoms with Crippen molar-refractivity contribution in [3.05, 3.63) is 23.8 Å². The molecule has 7 heteroatoms. The molecule has 1 saturated heterocycles. The van der Waals surface area contributed by atoms with Crippen LogP contribution in [-0.2, 0) is 14.3 Å². The van der Waals surface area contributed by atoms with Crippen molar-refractivity contribution in [3.63, 3.8) is 0 Å². The second-order valence-electron chi connectivity index (χ2n) is 4.64. The zero-order valence-electron chi connectivity index (χ0n) is 11.4. The molecule has 0 bridgehead atoms. The van der Waals surface area contributed by atoms with Crippen LogP contribution in [0.25, 0.3) is 0 Å². The van der Waals surface area contributed by atoms with E-state index in [-0.39, 0.29) is 19.3 Å². The lowest BCUT2D eigenvalue weighted by molar-refractivity contribution is -0.138. The third-order valence-corrected chi connectivity index (χ3v) is 3.30. The zero-order chi connectivity index (χ0) is 14.7. The fourth-order valence-electron chi connectivity index (χ4n) is 2.14. The number of hydrogen-bond acceptors (Lipinski definition) is 6. The molecule has 7 nitrogen and oxygen atoms in total. The van der Waals surface area contributed by atoms with Crippen LogP contribution in [0, 0.1) is 0 Å². The van der Waals surface area contributed by atoms with Crippen LogP contribution in [0.4, 0.5) is 0 Å². The molecular weight excluding hydrogens is 278 g/mol. The molecule has 2 heterocycles. The molecule has 1 fully saturated rings. The van der Waals surface area contributed by atoms with Crippen molar-refractivity contribution in [1.29, 1.82) is 0 Å². The van der Waals surface area contributed by atoms with Gasteiger partial charge in [0.05, 0.1) is 18.8 Å². The SMILES string of the molecule is O=C(OCC(=O)N1CCOCC1)c1ccc2c(c1)OCO2. The summed E-state index contributed by atoms with van der Waals surface area (Å²) in [5, 5.41) is 0. The summed E-state index contributed by atoms with van der Waals surface area (Å²) < 4.78 is 20.6. The second-order valence-corrected chi connectivity index (χ2v) is 4.64. The summed E-state index contributed by atoms with van der Waals surface area (Å²) in [6, 6.07) is 4.77. The molecule has 0 aliphatic carbocycles. The lowest BCUT2D eigenvalue weighted by Gasteiger charge is -2.26. The lowest BCUT2D eigenvalue weighted by atomic mass is 10.2. The van der Waals surface area contributed by atoms with Gasteiger partial charge in [0.15, 0.2) is 18.1 Å². The third-order valence-electron chi connectivity index (χ3n) is 3.30. The summed E-state index contributed by atoms with van der Waals surface area (Å²) in [6.07, 6.45) is 0. The van der Waals surface area contributed by atoms with E-state index >= 15 is 0 Å². The molecule has 0 spiro atoms. The van der Waals surface area contributed by atoms with E-state index in [1.54, 1.807) is 23.1 Å². The van der Waals surface area contributed by atoms with Crippen LogP contribution in [0.2, 0.25) is 0 Å². The summed E-state index contributed by atoms with van der Waals surface area (Å²) in [4.78, 5) is 25.4. The van der Waals surface area contributed by atoms with Gasteiger partial charge >= 0.3 is 5.97 Å². The second kappa shape index (κ2) is 6.01. The number of rotatable bonds is 3. The Kier molecular flexibility index (Phi) is 3.92. The predicted molar refractivity (Wildman–Crippen MR) is 70.2 cm³/mol. The Labute approximate surface area is 121 Å². The molecule has 1 aromatic carbocycles. The minimum atomic E-state index is -0.560. The van der Waals surface area contributed by atoms with E-state index in [0.717, 1.165) is 0 Å². The first-order chi connectivity index (χ1) is 10.2. The third kappa shape index (κ3) is 3.08. The van der Waals surface area contributed by atoms with Crippen molar-refractivity contribution in [2.75, 3.05) is 39.7 Å². The van der Waals surface area contributed by atoms with Crippen LogP contribution in [0.1, 0.15) is 10.4 Å². The number of amides is 1. The highest BCUT2D eigenvalue weighted by atomic mass is 16.7. The molecule has 2 aliphatic heterocycles. The summed E-state index contributed by atoms with van der Waals surface area (Å²) in [6.45, 7) is 1.96. The van der Waals surface area contributed by atoms with E-state index in [1.165, 1.54) is 0 Å². The van der Waals surface area contributed by atoms with Crippen molar-refractivity contribution in [2.24, 2.45) is 0 Å². The topological polar surface area (TPSA) is 74.3 Å². The van der Waals surface area contributed by atoms with Gasteiger partial charge in [-0.05, 0) is 18.2 Å². The number of carbonyl (C=O) groups excluding carboxylic acids is 2. The van der Waals surface area contributed by atoms with Gasteiger partial charge in [0.2, 0.25) is 6.79 Å². The Morgan fingerprint density at radius 3 is 2.71 bits per heavy atom. The smallest absolute Gasteiger partial charge is 0.338 e. The van der Waals surface area contributed by atoms with E-state index in [9.17, 15) is 9.59 Å². The Morgan fingerprint density at radius 1 is 1.14 bits per heavy atom. The van der Waals surface area contributed by atoms with Crippen LogP contribution < -0.4 is 9.47 Å². The highest BCUT2D eigenvalue weighted by Crippen LogP contribution is 2.32. The largest absolute Gasteiger partial charge is 0.454 e. The van der Waals surface area contributed by atoms with Gasteiger partial charge in [-0.2, -0.15) is 0 Å². The number of ether oxygens (including phenoxy) is 4. The fraction of sp³-hybridized carbons (Fsp3) is 0.429. The molecule has 1 aromatic rings. The minimum absolute atomic E-state index is 0.142. The van der Waals surface area contributed by atoms with E-state index in [1.807, 2.05) is 0 Å². The average molecular weight is 293 g/mol. The minimum Gasteiger partial charge on any atom is -0.454 e. The van der Waals surface area contributed by atoms with Gasteiger partial charge in [0, 0.05) is 13.1 Å². The van der Waals surface area contributed by atoms with Gasteiger partial charge in [0.1, 0.15) is 0 Å². The van der Waals surface area contributed by atoms with Gasteiger partial charge in [-0.3, -0.25) is 4.79 Å². The van der Waals surface area contributed by atoms with Crippen LogP contribution in [-0.4, -0.2) is 56.5 Å². The van der Waals surface area contributed by atoms with Gasteiger partial charge in [-0.25, -0.2) is 4.79 Å². The molecule has 21 heavy (non-hydrogen) atoms. The number of hydrogen-bond donors (Lipinski definition) is 0. The van der Waals surface area contributed by atoms with Crippen molar-refractivity contribution in [3.8, 4) is 11.5 Å². The first kappa shape index (κ1) is 13.7. The normalized spacial score (nSPS) is 16.7. The van der Waals surface area contributed by atoms with Crippen LogP contribution >= 0.6 is 0 Å². The van der Waals surface area contributed by atoms with Gasteiger partial charge in [-0.15, -0.1) is 0 Å². The maximum Gasteiger partial charge on any atom is 0.338 e. The Bertz CT molecular complexity index is 552. The van der Waals surface area contributed by atoms with Gasteiger partial charge in [0.25, 0.3) is 5.91 Å². The van der Waals surface area contributed by atoms with Crippen molar-refractivity contribution >= 4 is 11.9 Å². The number of esters is 1. The maximum absolute atomic E-state index is 11.9.